The number of halogens is 2. The number of hydrogen-bond donors (Lipinski definition) is 0. The summed E-state index contributed by atoms with van der Waals surface area (Å²) in [6, 6.07) is 0. The zero-order chi connectivity index (χ0) is 13.3. The van der Waals surface area contributed by atoms with Crippen LogP contribution in [0, 0.1) is 17.3 Å². The lowest BCUT2D eigenvalue weighted by Crippen LogP contribution is -2.33. The number of hydrogen-bond acceptors (Lipinski definition) is 3. The summed E-state index contributed by atoms with van der Waals surface area (Å²) >= 11 is 0. The van der Waals surface area contributed by atoms with Gasteiger partial charge in [-0.05, 0) is 25.7 Å². The van der Waals surface area contributed by atoms with E-state index in [1.54, 1.807) is 0 Å². The molecular formula is C13H16F2O3. The first kappa shape index (κ1) is 12.1. The summed E-state index contributed by atoms with van der Waals surface area (Å²) in [6.45, 7) is 2.43. The molecule has 2 bridgehead atoms. The molecule has 3 rings (SSSR count). The van der Waals surface area contributed by atoms with E-state index in [4.69, 9.17) is 4.74 Å². The maximum atomic E-state index is 12.9. The first-order chi connectivity index (χ1) is 8.19. The molecule has 3 nitrogen and oxygen atoms in total. The monoisotopic (exact) mass is 258 g/mol. The van der Waals surface area contributed by atoms with Gasteiger partial charge in [0, 0.05) is 24.2 Å². The summed E-state index contributed by atoms with van der Waals surface area (Å²) in [4.78, 5) is 23.2. The average Bonchev–Trinajstić information content (AvgIpc) is 2.70. The Labute approximate surface area is 104 Å². The van der Waals surface area contributed by atoms with Crippen molar-refractivity contribution in [2.45, 2.75) is 51.1 Å². The summed E-state index contributed by atoms with van der Waals surface area (Å²) in [5.74, 6) is -4.83. The Bertz CT molecular complexity index is 442. The number of rotatable bonds is 2. The van der Waals surface area contributed by atoms with E-state index >= 15 is 0 Å². The normalized spacial score (nSPS) is 45.7. The van der Waals surface area contributed by atoms with Gasteiger partial charge in [-0.3, -0.25) is 4.79 Å². The molecule has 3 fully saturated rings. The number of esters is 1. The lowest BCUT2D eigenvalue weighted by molar-refractivity contribution is -0.179. The number of fused-ring (bicyclic) bond motifs is 1. The predicted octanol–water partition coefficient (Wildman–Crippen LogP) is 2.33. The molecule has 0 aliphatic heterocycles. The SMILES string of the molecule is CC1CC23CC(CC2(OC(=O)C(C)(F)F)C3)C1=O. The topological polar surface area (TPSA) is 43.4 Å². The second-order valence-corrected chi connectivity index (χ2v) is 6.34. The molecule has 4 atom stereocenters. The Kier molecular flexibility index (Phi) is 2.09. The molecule has 5 heteroatoms. The zero-order valence-corrected chi connectivity index (χ0v) is 10.5. The van der Waals surface area contributed by atoms with Crippen LogP contribution in [0.2, 0.25) is 0 Å². The molecule has 3 aliphatic rings. The molecule has 18 heavy (non-hydrogen) atoms. The van der Waals surface area contributed by atoms with Gasteiger partial charge in [0.15, 0.2) is 0 Å². The van der Waals surface area contributed by atoms with Gasteiger partial charge in [-0.1, -0.05) is 6.92 Å². The number of carbonyl (C=O) groups excluding carboxylic acids is 2. The van der Waals surface area contributed by atoms with Crippen LogP contribution in [0.25, 0.3) is 0 Å². The minimum atomic E-state index is -3.45. The van der Waals surface area contributed by atoms with Crippen LogP contribution < -0.4 is 0 Å². The van der Waals surface area contributed by atoms with E-state index < -0.39 is 17.5 Å². The lowest BCUT2D eigenvalue weighted by Gasteiger charge is -2.26. The molecule has 0 radical (unpaired) electrons. The molecule has 4 unspecified atom stereocenters. The third-order valence-corrected chi connectivity index (χ3v) is 4.91. The van der Waals surface area contributed by atoms with Crippen molar-refractivity contribution in [3.05, 3.63) is 0 Å². The van der Waals surface area contributed by atoms with E-state index in [1.165, 1.54) is 0 Å². The van der Waals surface area contributed by atoms with Gasteiger partial charge in [-0.2, -0.15) is 8.78 Å². The Hall–Kier alpha value is -1.00. The predicted molar refractivity (Wildman–Crippen MR) is 58.0 cm³/mol. The fourth-order valence-corrected chi connectivity index (χ4v) is 4.08. The molecule has 0 aromatic carbocycles. The van der Waals surface area contributed by atoms with Crippen molar-refractivity contribution < 1.29 is 23.1 Å². The Morgan fingerprint density at radius 3 is 2.67 bits per heavy atom. The third-order valence-electron chi connectivity index (χ3n) is 4.91. The molecule has 0 aromatic heterocycles. The van der Waals surface area contributed by atoms with Gasteiger partial charge in [0.1, 0.15) is 11.4 Å². The highest BCUT2D eigenvalue weighted by Crippen LogP contribution is 2.75. The summed E-state index contributed by atoms with van der Waals surface area (Å²) in [5, 5.41) is 0. The van der Waals surface area contributed by atoms with Crippen LogP contribution in [-0.4, -0.2) is 23.3 Å². The van der Waals surface area contributed by atoms with Crippen LogP contribution in [0.5, 0.6) is 0 Å². The number of ketones is 1. The standard InChI is InChI=1S/C13H16F2O3/c1-7-3-12-4-8(9(7)16)5-13(12,6-12)18-10(17)11(2,14)15/h7-8H,3-6H2,1-2H3. The van der Waals surface area contributed by atoms with E-state index in [0.717, 1.165) is 0 Å². The Balaban J connectivity index is 1.80. The highest BCUT2D eigenvalue weighted by Gasteiger charge is 2.78. The molecule has 0 N–H and O–H groups in total. The van der Waals surface area contributed by atoms with Gasteiger partial charge in [0.2, 0.25) is 0 Å². The number of ether oxygens (including phenoxy) is 1. The summed E-state index contributed by atoms with van der Waals surface area (Å²) in [6.07, 6.45) is 2.47. The quantitative estimate of drug-likeness (QED) is 0.714. The average molecular weight is 258 g/mol. The molecule has 0 amide bonds. The van der Waals surface area contributed by atoms with Crippen LogP contribution >= 0.6 is 0 Å². The minimum Gasteiger partial charge on any atom is -0.454 e. The van der Waals surface area contributed by atoms with Crippen LogP contribution in [-0.2, 0) is 14.3 Å². The molecule has 0 saturated heterocycles. The first-order valence-electron chi connectivity index (χ1n) is 6.34. The van der Waals surface area contributed by atoms with Crippen molar-refractivity contribution in [2.75, 3.05) is 0 Å². The van der Waals surface area contributed by atoms with Crippen LogP contribution in [0.15, 0.2) is 0 Å². The van der Waals surface area contributed by atoms with Gasteiger partial charge < -0.3 is 4.74 Å². The molecule has 0 heterocycles. The van der Waals surface area contributed by atoms with Crippen molar-refractivity contribution in [2.24, 2.45) is 17.3 Å². The van der Waals surface area contributed by atoms with Crippen molar-refractivity contribution in [1.29, 1.82) is 0 Å². The molecular weight excluding hydrogens is 242 g/mol. The van der Waals surface area contributed by atoms with Gasteiger partial charge >= 0.3 is 11.9 Å². The van der Waals surface area contributed by atoms with Crippen molar-refractivity contribution in [1.82, 2.24) is 0 Å². The molecule has 3 saturated carbocycles. The van der Waals surface area contributed by atoms with Crippen molar-refractivity contribution in [3.63, 3.8) is 0 Å². The lowest BCUT2D eigenvalue weighted by atomic mass is 9.76. The molecule has 1 spiro atoms. The maximum Gasteiger partial charge on any atom is 0.377 e. The number of Topliss-reactive ketones (excluding diaryl/α,β-unsaturated/α-hetero) is 1. The van der Waals surface area contributed by atoms with Gasteiger partial charge in [-0.25, -0.2) is 4.79 Å². The Morgan fingerprint density at radius 1 is 1.39 bits per heavy atom. The fraction of sp³-hybridized carbons (Fsp3) is 0.846. The van der Waals surface area contributed by atoms with E-state index in [2.05, 4.69) is 0 Å². The molecule has 100 valence electrons. The van der Waals surface area contributed by atoms with E-state index in [1.807, 2.05) is 6.92 Å². The molecule has 0 aromatic rings. The summed E-state index contributed by atoms with van der Waals surface area (Å²) < 4.78 is 30.9. The molecule has 3 aliphatic carbocycles. The van der Waals surface area contributed by atoms with Gasteiger partial charge in [0.25, 0.3) is 0 Å². The van der Waals surface area contributed by atoms with Crippen molar-refractivity contribution in [3.8, 4) is 0 Å². The maximum absolute atomic E-state index is 12.9. The zero-order valence-electron chi connectivity index (χ0n) is 10.5. The van der Waals surface area contributed by atoms with E-state index in [-0.39, 0.29) is 23.0 Å². The minimum absolute atomic E-state index is 0.0334. The second kappa shape index (κ2) is 3.11. The second-order valence-electron chi connectivity index (χ2n) is 6.34. The van der Waals surface area contributed by atoms with Crippen molar-refractivity contribution >= 4 is 11.8 Å². The Morgan fingerprint density at radius 2 is 2.06 bits per heavy atom. The van der Waals surface area contributed by atoms with Gasteiger partial charge in [-0.15, -0.1) is 0 Å². The highest BCUT2D eigenvalue weighted by molar-refractivity contribution is 5.86. The van der Waals surface area contributed by atoms with Gasteiger partial charge in [0.05, 0.1) is 0 Å². The third kappa shape index (κ3) is 1.39. The smallest absolute Gasteiger partial charge is 0.377 e. The number of alkyl halides is 2. The highest BCUT2D eigenvalue weighted by atomic mass is 19.3. The number of carbonyl (C=O) groups is 2. The van der Waals surface area contributed by atoms with Crippen LogP contribution in [0.1, 0.15) is 39.5 Å². The van der Waals surface area contributed by atoms with E-state index in [9.17, 15) is 18.4 Å². The first-order valence-corrected chi connectivity index (χ1v) is 6.34. The van der Waals surface area contributed by atoms with Crippen LogP contribution in [0.4, 0.5) is 8.78 Å². The largest absolute Gasteiger partial charge is 0.454 e. The van der Waals surface area contributed by atoms with E-state index in [0.29, 0.717) is 32.6 Å². The summed E-state index contributed by atoms with van der Waals surface area (Å²) in [5.41, 5.74) is -0.958. The summed E-state index contributed by atoms with van der Waals surface area (Å²) in [7, 11) is 0. The van der Waals surface area contributed by atoms with Crippen LogP contribution in [0.3, 0.4) is 0 Å². The fourth-order valence-electron chi connectivity index (χ4n) is 4.08.